The Morgan fingerprint density at radius 2 is 2.18 bits per heavy atom. The first-order chi connectivity index (χ1) is 8.27. The van der Waals surface area contributed by atoms with Gasteiger partial charge in [-0.3, -0.25) is 4.98 Å². The van der Waals surface area contributed by atoms with Crippen LogP contribution in [0, 0.1) is 5.82 Å². The zero-order valence-corrected chi connectivity index (χ0v) is 9.55. The monoisotopic (exact) mass is 232 g/mol. The molecule has 0 atom stereocenters. The van der Waals surface area contributed by atoms with Crippen molar-refractivity contribution in [1.82, 2.24) is 15.0 Å². The summed E-state index contributed by atoms with van der Waals surface area (Å²) in [6.07, 6.45) is 5.01. The number of hydrogen-bond acceptors (Lipinski definition) is 4. The van der Waals surface area contributed by atoms with E-state index in [1.165, 1.54) is 12.5 Å². The molecule has 0 aromatic carbocycles. The fourth-order valence-corrected chi connectivity index (χ4v) is 1.52. The molecule has 2 rings (SSSR count). The molecule has 88 valence electrons. The smallest absolute Gasteiger partial charge is 0.183 e. The van der Waals surface area contributed by atoms with E-state index in [1.807, 2.05) is 18.2 Å². The van der Waals surface area contributed by atoms with Crippen LogP contribution in [0.5, 0.6) is 0 Å². The molecule has 0 bridgehead atoms. The van der Waals surface area contributed by atoms with E-state index >= 15 is 0 Å². The van der Waals surface area contributed by atoms with Gasteiger partial charge in [-0.05, 0) is 12.1 Å². The zero-order valence-electron chi connectivity index (χ0n) is 9.55. The second-order valence-corrected chi connectivity index (χ2v) is 3.69. The van der Waals surface area contributed by atoms with Gasteiger partial charge in [0, 0.05) is 31.9 Å². The minimum Gasteiger partial charge on any atom is -0.357 e. The van der Waals surface area contributed by atoms with Crippen LogP contribution < -0.4 is 4.90 Å². The molecule has 0 saturated heterocycles. The van der Waals surface area contributed by atoms with E-state index in [1.54, 1.807) is 18.1 Å². The molecular formula is C12H13FN4. The SMILES string of the molecule is CN(CCc1ccccn1)c1ncncc1F. The molecule has 0 saturated carbocycles. The molecule has 0 aliphatic heterocycles. The fourth-order valence-electron chi connectivity index (χ4n) is 1.52. The summed E-state index contributed by atoms with van der Waals surface area (Å²) in [7, 11) is 1.80. The summed E-state index contributed by atoms with van der Waals surface area (Å²) in [5.41, 5.74) is 0.980. The molecule has 0 unspecified atom stereocenters. The number of hydrogen-bond donors (Lipinski definition) is 0. The Labute approximate surface area is 99.2 Å². The Kier molecular flexibility index (Phi) is 3.59. The van der Waals surface area contributed by atoms with E-state index in [0.717, 1.165) is 12.1 Å². The maximum atomic E-state index is 13.4. The van der Waals surface area contributed by atoms with E-state index in [4.69, 9.17) is 0 Å². The van der Waals surface area contributed by atoms with Crippen molar-refractivity contribution in [3.8, 4) is 0 Å². The van der Waals surface area contributed by atoms with Gasteiger partial charge < -0.3 is 4.90 Å². The topological polar surface area (TPSA) is 41.9 Å². The van der Waals surface area contributed by atoms with Crippen molar-refractivity contribution in [3.05, 3.63) is 48.4 Å². The molecule has 0 radical (unpaired) electrons. The van der Waals surface area contributed by atoms with Gasteiger partial charge in [0.05, 0.1) is 6.20 Å². The first kappa shape index (κ1) is 11.4. The van der Waals surface area contributed by atoms with Gasteiger partial charge in [-0.1, -0.05) is 6.07 Å². The normalized spacial score (nSPS) is 10.2. The van der Waals surface area contributed by atoms with E-state index in [0.29, 0.717) is 12.4 Å². The van der Waals surface area contributed by atoms with Crippen LogP contribution in [-0.2, 0) is 6.42 Å². The van der Waals surface area contributed by atoms with Crippen LogP contribution in [0.2, 0.25) is 0 Å². The molecule has 0 fully saturated rings. The lowest BCUT2D eigenvalue weighted by atomic mass is 10.2. The summed E-state index contributed by atoms with van der Waals surface area (Å²) in [4.78, 5) is 13.5. The van der Waals surface area contributed by atoms with Crippen molar-refractivity contribution in [2.45, 2.75) is 6.42 Å². The maximum Gasteiger partial charge on any atom is 0.183 e. The third kappa shape index (κ3) is 2.96. The van der Waals surface area contributed by atoms with Crippen molar-refractivity contribution in [3.63, 3.8) is 0 Å². The standard InChI is InChI=1S/C12H13FN4/c1-17(12-11(13)8-14-9-16-12)7-5-10-4-2-3-6-15-10/h2-4,6,8-9H,5,7H2,1H3. The minimum atomic E-state index is -0.406. The lowest BCUT2D eigenvalue weighted by Gasteiger charge is -2.17. The molecule has 17 heavy (non-hydrogen) atoms. The van der Waals surface area contributed by atoms with E-state index in [9.17, 15) is 4.39 Å². The van der Waals surface area contributed by atoms with Crippen LogP contribution in [0.1, 0.15) is 5.69 Å². The number of pyridine rings is 1. The lowest BCUT2D eigenvalue weighted by Crippen LogP contribution is -2.23. The van der Waals surface area contributed by atoms with Crippen molar-refractivity contribution in [2.75, 3.05) is 18.5 Å². The minimum absolute atomic E-state index is 0.316. The quantitative estimate of drug-likeness (QED) is 0.804. The number of nitrogens with zero attached hydrogens (tertiary/aromatic N) is 4. The van der Waals surface area contributed by atoms with Gasteiger partial charge in [0.1, 0.15) is 6.33 Å². The predicted octanol–water partition coefficient (Wildman–Crippen LogP) is 1.69. The van der Waals surface area contributed by atoms with Gasteiger partial charge in [0.15, 0.2) is 11.6 Å². The number of aromatic nitrogens is 3. The van der Waals surface area contributed by atoms with Crippen LogP contribution in [-0.4, -0.2) is 28.5 Å². The van der Waals surface area contributed by atoms with Gasteiger partial charge in [0.25, 0.3) is 0 Å². The van der Waals surface area contributed by atoms with Gasteiger partial charge in [0.2, 0.25) is 0 Å². The van der Waals surface area contributed by atoms with Crippen molar-refractivity contribution in [2.24, 2.45) is 0 Å². The Morgan fingerprint density at radius 3 is 2.88 bits per heavy atom. The average molecular weight is 232 g/mol. The summed E-state index contributed by atoms with van der Waals surface area (Å²) in [5, 5.41) is 0. The van der Waals surface area contributed by atoms with Crippen molar-refractivity contribution >= 4 is 5.82 Å². The lowest BCUT2D eigenvalue weighted by molar-refractivity contribution is 0.606. The highest BCUT2D eigenvalue weighted by atomic mass is 19.1. The Balaban J connectivity index is 1.99. The average Bonchev–Trinajstić information content (AvgIpc) is 2.38. The van der Waals surface area contributed by atoms with E-state index in [-0.39, 0.29) is 0 Å². The predicted molar refractivity (Wildman–Crippen MR) is 63.2 cm³/mol. The second-order valence-electron chi connectivity index (χ2n) is 3.69. The summed E-state index contributed by atoms with van der Waals surface area (Å²) >= 11 is 0. The molecule has 4 nitrogen and oxygen atoms in total. The summed E-state index contributed by atoms with van der Waals surface area (Å²) < 4.78 is 13.4. The largest absolute Gasteiger partial charge is 0.357 e. The zero-order chi connectivity index (χ0) is 12.1. The Hall–Kier alpha value is -2.04. The summed E-state index contributed by atoms with van der Waals surface area (Å²) in [6.45, 7) is 0.658. The van der Waals surface area contributed by atoms with Gasteiger partial charge >= 0.3 is 0 Å². The van der Waals surface area contributed by atoms with Crippen LogP contribution in [0.15, 0.2) is 36.9 Å². The van der Waals surface area contributed by atoms with Crippen molar-refractivity contribution < 1.29 is 4.39 Å². The number of rotatable bonds is 4. The van der Waals surface area contributed by atoms with Crippen LogP contribution in [0.3, 0.4) is 0 Å². The van der Waals surface area contributed by atoms with E-state index < -0.39 is 5.82 Å². The first-order valence-electron chi connectivity index (χ1n) is 5.34. The number of likely N-dealkylation sites (N-methyl/N-ethyl adjacent to an activating group) is 1. The molecule has 2 aromatic rings. The molecule has 0 spiro atoms. The van der Waals surface area contributed by atoms with Gasteiger partial charge in [-0.15, -0.1) is 0 Å². The molecule has 0 aliphatic carbocycles. The molecule has 2 heterocycles. The highest BCUT2D eigenvalue weighted by molar-refractivity contribution is 5.37. The Bertz CT molecular complexity index is 475. The van der Waals surface area contributed by atoms with Gasteiger partial charge in [-0.2, -0.15) is 0 Å². The molecule has 0 N–H and O–H groups in total. The second kappa shape index (κ2) is 5.34. The third-order valence-electron chi connectivity index (χ3n) is 2.44. The first-order valence-corrected chi connectivity index (χ1v) is 5.34. The summed E-state index contributed by atoms with van der Waals surface area (Å²) in [5.74, 6) is -0.0908. The van der Waals surface area contributed by atoms with Crippen LogP contribution in [0.4, 0.5) is 10.2 Å². The highest BCUT2D eigenvalue weighted by Crippen LogP contribution is 2.12. The molecule has 2 aromatic heterocycles. The van der Waals surface area contributed by atoms with E-state index in [2.05, 4.69) is 15.0 Å². The summed E-state index contributed by atoms with van der Waals surface area (Å²) in [6, 6.07) is 5.76. The van der Waals surface area contributed by atoms with Crippen LogP contribution >= 0.6 is 0 Å². The molecular weight excluding hydrogens is 219 g/mol. The molecule has 0 amide bonds. The highest BCUT2D eigenvalue weighted by Gasteiger charge is 2.08. The molecule has 0 aliphatic rings. The molecule has 5 heteroatoms. The third-order valence-corrected chi connectivity index (χ3v) is 2.44. The fraction of sp³-hybridized carbons (Fsp3) is 0.250. The van der Waals surface area contributed by atoms with Crippen molar-refractivity contribution in [1.29, 1.82) is 0 Å². The number of anilines is 1. The van der Waals surface area contributed by atoms with Gasteiger partial charge in [-0.25, -0.2) is 14.4 Å². The number of halogens is 1. The Morgan fingerprint density at radius 1 is 1.29 bits per heavy atom. The maximum absolute atomic E-state index is 13.4. The van der Waals surface area contributed by atoms with Crippen LogP contribution in [0.25, 0.3) is 0 Å².